The number of methoxy groups -OCH3 is 1. The number of esters is 2. The fraction of sp³-hybridized carbons (Fsp3) is 0.368. The number of nitro benzene ring substituents is 1. The van der Waals surface area contributed by atoms with Crippen molar-refractivity contribution >= 4 is 29.2 Å². The number of hydrogen-bond acceptors (Lipinski definition) is 10. The Bertz CT molecular complexity index is 997. The molecular weight excluding hydrogens is 414 g/mol. The van der Waals surface area contributed by atoms with E-state index in [2.05, 4.69) is 9.89 Å². The number of aliphatic hydroxyl groups excluding tert-OH is 1. The zero-order valence-corrected chi connectivity index (χ0v) is 16.5. The summed E-state index contributed by atoms with van der Waals surface area (Å²) in [5.74, 6) is -3.29. The van der Waals surface area contributed by atoms with E-state index in [1.165, 1.54) is 31.2 Å². The highest BCUT2D eigenvalue weighted by molar-refractivity contribution is 6.44. The molecule has 2 N–H and O–H groups in total. The summed E-state index contributed by atoms with van der Waals surface area (Å²) in [7, 11) is 1.06. The van der Waals surface area contributed by atoms with Gasteiger partial charge in [0, 0.05) is 17.7 Å². The second-order valence-corrected chi connectivity index (χ2v) is 7.01. The van der Waals surface area contributed by atoms with Gasteiger partial charge in [-0.05, 0) is 31.0 Å². The Morgan fingerprint density at radius 3 is 2.52 bits per heavy atom. The Labute approximate surface area is 175 Å². The van der Waals surface area contributed by atoms with Crippen molar-refractivity contribution in [1.29, 1.82) is 0 Å². The van der Waals surface area contributed by atoms with Crippen molar-refractivity contribution in [3.05, 3.63) is 51.2 Å². The average molecular weight is 433 g/mol. The van der Waals surface area contributed by atoms with E-state index in [4.69, 9.17) is 4.74 Å². The third-order valence-corrected chi connectivity index (χ3v) is 5.20. The van der Waals surface area contributed by atoms with E-state index in [1.54, 1.807) is 0 Å². The number of fused-ring (bicyclic) bond motifs is 1. The van der Waals surface area contributed by atoms with Crippen molar-refractivity contribution in [3.63, 3.8) is 0 Å². The Morgan fingerprint density at radius 1 is 1.35 bits per heavy atom. The van der Waals surface area contributed by atoms with Gasteiger partial charge in [-0.15, -0.1) is 0 Å². The van der Waals surface area contributed by atoms with Crippen LogP contribution in [0, 0.1) is 16.0 Å². The summed E-state index contributed by atoms with van der Waals surface area (Å²) < 4.78 is 9.81. The zero-order chi connectivity index (χ0) is 22.9. The van der Waals surface area contributed by atoms with E-state index in [9.17, 15) is 34.8 Å². The van der Waals surface area contributed by atoms with Crippen LogP contribution in [0.3, 0.4) is 0 Å². The van der Waals surface area contributed by atoms with E-state index in [0.29, 0.717) is 5.56 Å². The maximum atomic E-state index is 12.8. The number of benzene rings is 1. The van der Waals surface area contributed by atoms with Crippen LogP contribution >= 0.6 is 0 Å². The monoisotopic (exact) mass is 433 g/mol. The molecule has 31 heavy (non-hydrogen) atoms. The highest BCUT2D eigenvalue weighted by atomic mass is 16.6. The minimum Gasteiger partial charge on any atom is -0.464 e. The molecule has 2 aliphatic rings. The third-order valence-electron chi connectivity index (χ3n) is 5.20. The van der Waals surface area contributed by atoms with Crippen LogP contribution in [0.2, 0.25) is 0 Å². The first-order chi connectivity index (χ1) is 14.7. The van der Waals surface area contributed by atoms with E-state index in [0.717, 1.165) is 12.0 Å². The summed E-state index contributed by atoms with van der Waals surface area (Å²) in [6.45, 7) is 1.18. The maximum Gasteiger partial charge on any atom is 0.360 e. The molecule has 0 spiro atoms. The highest BCUT2D eigenvalue weighted by Crippen LogP contribution is 2.44. The number of ether oxygens (including phenoxy) is 2. The minimum absolute atomic E-state index is 0.0161. The molecule has 3 atom stereocenters. The molecular formula is C19H19N3O9. The summed E-state index contributed by atoms with van der Waals surface area (Å²) in [5.41, 5.74) is -0.528. The minimum atomic E-state index is -1.01. The number of oxime groups is 1. The number of aliphatic hydroxyl groups is 1. The number of amides is 1. The molecule has 0 aromatic heterocycles. The van der Waals surface area contributed by atoms with E-state index >= 15 is 0 Å². The van der Waals surface area contributed by atoms with Crippen molar-refractivity contribution in [2.75, 3.05) is 7.11 Å². The van der Waals surface area contributed by atoms with Gasteiger partial charge in [0.1, 0.15) is 12.3 Å². The van der Waals surface area contributed by atoms with Crippen LogP contribution in [0.15, 0.2) is 40.7 Å². The molecule has 1 aromatic carbocycles. The van der Waals surface area contributed by atoms with Gasteiger partial charge in [0.25, 0.3) is 5.69 Å². The van der Waals surface area contributed by atoms with Crippen molar-refractivity contribution in [3.8, 4) is 0 Å². The first-order valence-electron chi connectivity index (χ1n) is 9.16. The zero-order valence-electron chi connectivity index (χ0n) is 16.5. The van der Waals surface area contributed by atoms with Gasteiger partial charge in [0.15, 0.2) is 5.71 Å². The Kier molecular flexibility index (Phi) is 6.02. The first kappa shape index (κ1) is 21.9. The number of β-lactam (4-membered cyclic amide) rings is 1. The lowest BCUT2D eigenvalue weighted by molar-refractivity contribution is -0.384. The predicted octanol–water partition coefficient (Wildman–Crippen LogP) is 0.507. The third kappa shape index (κ3) is 3.84. The Morgan fingerprint density at radius 2 is 2.00 bits per heavy atom. The van der Waals surface area contributed by atoms with Crippen LogP contribution in [0.5, 0.6) is 0 Å². The van der Waals surface area contributed by atoms with Gasteiger partial charge in [0.2, 0.25) is 5.91 Å². The molecule has 0 saturated carbocycles. The molecule has 2 aliphatic heterocycles. The second-order valence-electron chi connectivity index (χ2n) is 7.01. The molecule has 1 fully saturated rings. The molecule has 1 amide bonds. The van der Waals surface area contributed by atoms with Crippen molar-refractivity contribution in [2.45, 2.75) is 32.1 Å². The normalized spacial score (nSPS) is 21.3. The molecule has 1 aromatic rings. The second kappa shape index (κ2) is 8.52. The summed E-state index contributed by atoms with van der Waals surface area (Å²) in [6, 6.07) is 4.71. The molecule has 0 aliphatic carbocycles. The largest absolute Gasteiger partial charge is 0.464 e. The van der Waals surface area contributed by atoms with Crippen LogP contribution in [-0.2, 0) is 30.5 Å². The molecule has 164 valence electrons. The Balaban J connectivity index is 1.87. The summed E-state index contributed by atoms with van der Waals surface area (Å²) in [5, 5.41) is 32.8. The number of hydrogen-bond donors (Lipinski definition) is 2. The molecule has 0 radical (unpaired) electrons. The number of nitrogens with zero attached hydrogens (tertiary/aromatic N) is 3. The smallest absolute Gasteiger partial charge is 0.360 e. The number of rotatable bonds is 7. The van der Waals surface area contributed by atoms with Crippen molar-refractivity contribution in [2.24, 2.45) is 11.1 Å². The lowest BCUT2D eigenvalue weighted by Crippen LogP contribution is -2.61. The summed E-state index contributed by atoms with van der Waals surface area (Å²) in [6.07, 6.45) is -1.00. The quantitative estimate of drug-likeness (QED) is 0.155. The molecule has 12 nitrogen and oxygen atoms in total. The Hall–Kier alpha value is -3.80. The van der Waals surface area contributed by atoms with Gasteiger partial charge in [-0.1, -0.05) is 5.16 Å². The topological polar surface area (TPSA) is 169 Å². The SMILES string of the molecule is COC(=O)/C(=N/O)C1=C(C(=O)OCc2ccc([N+](=O)[O-])cc2)N2C(=O)[C@H]([C@@H](C)O)[C@H]2C1. The lowest BCUT2D eigenvalue weighted by atomic mass is 9.82. The molecule has 0 bridgehead atoms. The van der Waals surface area contributed by atoms with Gasteiger partial charge < -0.3 is 24.7 Å². The van der Waals surface area contributed by atoms with E-state index in [-0.39, 0.29) is 30.0 Å². The van der Waals surface area contributed by atoms with Gasteiger partial charge >= 0.3 is 11.9 Å². The molecule has 1 saturated heterocycles. The fourth-order valence-corrected chi connectivity index (χ4v) is 3.72. The van der Waals surface area contributed by atoms with Gasteiger partial charge in [-0.3, -0.25) is 14.9 Å². The first-order valence-corrected chi connectivity index (χ1v) is 9.16. The van der Waals surface area contributed by atoms with Crippen LogP contribution in [0.25, 0.3) is 0 Å². The number of nitro groups is 1. The van der Waals surface area contributed by atoms with E-state index in [1.807, 2.05) is 0 Å². The van der Waals surface area contributed by atoms with Gasteiger partial charge in [0.05, 0.1) is 30.1 Å². The number of non-ortho nitro benzene ring substituents is 1. The number of carbonyl (C=O) groups is 3. The maximum absolute atomic E-state index is 12.8. The van der Waals surface area contributed by atoms with Gasteiger partial charge in [-0.2, -0.15) is 0 Å². The molecule has 3 rings (SSSR count). The van der Waals surface area contributed by atoms with Crippen LogP contribution in [-0.4, -0.2) is 63.0 Å². The van der Waals surface area contributed by atoms with E-state index < -0.39 is 46.5 Å². The number of carbonyl (C=O) groups excluding carboxylic acids is 3. The summed E-state index contributed by atoms with van der Waals surface area (Å²) >= 11 is 0. The summed E-state index contributed by atoms with van der Waals surface area (Å²) in [4.78, 5) is 48.6. The van der Waals surface area contributed by atoms with Crippen LogP contribution in [0.4, 0.5) is 5.69 Å². The fourth-order valence-electron chi connectivity index (χ4n) is 3.72. The van der Waals surface area contributed by atoms with Crippen LogP contribution in [0.1, 0.15) is 18.9 Å². The predicted molar refractivity (Wildman–Crippen MR) is 102 cm³/mol. The standard InChI is InChI=1S/C19H19N3O9/c1-9(23)14-13-7-12(15(20-27)18(25)30-2)16(21(13)17(14)24)19(26)31-8-10-3-5-11(6-4-10)22(28)29/h3-6,9,13-14,23,27H,7-8H2,1-2H3/b20-15+/t9-,13-,14-/m1/s1. The van der Waals surface area contributed by atoms with Gasteiger partial charge in [-0.25, -0.2) is 9.59 Å². The molecule has 0 unspecified atom stereocenters. The van der Waals surface area contributed by atoms with Crippen molar-refractivity contribution < 1.29 is 39.1 Å². The van der Waals surface area contributed by atoms with Crippen molar-refractivity contribution in [1.82, 2.24) is 4.90 Å². The molecule has 12 heteroatoms. The average Bonchev–Trinajstić information content (AvgIpc) is 3.07. The lowest BCUT2D eigenvalue weighted by Gasteiger charge is -2.44. The highest BCUT2D eigenvalue weighted by Gasteiger charge is 2.58. The van der Waals surface area contributed by atoms with Crippen LogP contribution < -0.4 is 0 Å². The molecule has 2 heterocycles.